The third-order valence-corrected chi connectivity index (χ3v) is 5.54. The van der Waals surface area contributed by atoms with E-state index in [2.05, 4.69) is 0 Å². The average molecular weight is 482 g/mol. The van der Waals surface area contributed by atoms with Gasteiger partial charge in [0.2, 0.25) is 11.3 Å². The molecule has 0 aliphatic heterocycles. The summed E-state index contributed by atoms with van der Waals surface area (Å²) < 4.78 is 209. The molecule has 0 saturated heterocycles. The molecule has 0 radical (unpaired) electrons. The molecular formula is C14H13F15O. The topological polar surface area (TPSA) is 20.2 Å². The van der Waals surface area contributed by atoms with Gasteiger partial charge in [-0.2, -0.15) is 43.9 Å². The molecule has 16 heteroatoms. The first-order valence-corrected chi connectivity index (χ1v) is 7.50. The Balaban J connectivity index is 0.00000218. The fourth-order valence-corrected chi connectivity index (χ4v) is 3.71. The molecule has 0 heterocycles. The van der Waals surface area contributed by atoms with Crippen LogP contribution in [0.4, 0.5) is 65.9 Å². The van der Waals surface area contributed by atoms with E-state index in [0.29, 0.717) is 7.18 Å². The van der Waals surface area contributed by atoms with Gasteiger partial charge in [0.05, 0.1) is 7.18 Å². The lowest BCUT2D eigenvalue weighted by molar-refractivity contribution is -0.550. The van der Waals surface area contributed by atoms with Gasteiger partial charge in [-0.25, -0.2) is 17.6 Å². The van der Waals surface area contributed by atoms with Crippen molar-refractivity contribution in [3.05, 3.63) is 0 Å². The Morgan fingerprint density at radius 1 is 0.533 bits per heavy atom. The molecular weight excluding hydrogens is 469 g/mol. The van der Waals surface area contributed by atoms with Crippen molar-refractivity contribution in [1.82, 2.24) is 0 Å². The Kier molecular flexibility index (Phi) is 5.23. The first-order valence-electron chi connectivity index (χ1n) is 7.50. The van der Waals surface area contributed by atoms with Crippen molar-refractivity contribution >= 4 is 0 Å². The molecule has 2 fully saturated rings. The monoisotopic (exact) mass is 482 g/mol. The van der Waals surface area contributed by atoms with Gasteiger partial charge in [-0.05, 0) is 20.8 Å². The average Bonchev–Trinajstić information content (AvgIpc) is 2.56. The van der Waals surface area contributed by atoms with Gasteiger partial charge in [0.25, 0.3) is 0 Å². The highest BCUT2D eigenvalue weighted by atomic mass is 19.3. The van der Waals surface area contributed by atoms with Crippen LogP contribution in [0.1, 0.15) is 20.8 Å². The summed E-state index contributed by atoms with van der Waals surface area (Å²) in [4.78, 5) is 0. The second-order valence-electron chi connectivity index (χ2n) is 7.37. The number of rotatable bonds is 1. The highest BCUT2D eigenvalue weighted by molar-refractivity contribution is 5.45. The molecule has 2 unspecified atom stereocenters. The zero-order chi connectivity index (χ0) is 25.0. The Morgan fingerprint density at radius 3 is 0.967 bits per heavy atom. The van der Waals surface area contributed by atoms with Crippen molar-refractivity contribution in [3.63, 3.8) is 0 Å². The SMILES string of the molecule is CC(C)(F)C1(O)C(F)(F)C2(F)C(F)(F)C(C)(F)C(F)(F)C(F)(C1(F)F)C2(F)F.CF. The van der Waals surface area contributed by atoms with Gasteiger partial charge >= 0.3 is 41.0 Å². The number of aliphatic hydroxyl groups is 1. The van der Waals surface area contributed by atoms with Crippen molar-refractivity contribution in [2.45, 2.75) is 78.7 Å². The maximum atomic E-state index is 14.7. The third kappa shape index (κ3) is 1.88. The molecule has 2 saturated carbocycles. The molecule has 1 nitrogen and oxygen atoms in total. The molecule has 2 aliphatic rings. The molecule has 180 valence electrons. The Labute approximate surface area is 158 Å². The quantitative estimate of drug-likeness (QED) is 0.497. The number of hydrogen-bond acceptors (Lipinski definition) is 1. The van der Waals surface area contributed by atoms with Gasteiger partial charge in [-0.3, -0.25) is 4.39 Å². The highest BCUT2D eigenvalue weighted by Gasteiger charge is 3.13. The zero-order valence-electron chi connectivity index (χ0n) is 15.1. The minimum Gasteiger partial charge on any atom is -0.376 e. The molecule has 1 N–H and O–H groups in total. The van der Waals surface area contributed by atoms with Crippen molar-refractivity contribution in [2.24, 2.45) is 0 Å². The second-order valence-corrected chi connectivity index (χ2v) is 7.37. The molecule has 0 amide bonds. The number of fused-ring (bicyclic) bond motifs is 2. The summed E-state index contributed by atoms with van der Waals surface area (Å²) in [5.41, 5.74) is -32.8. The maximum Gasteiger partial charge on any atom is 0.339 e. The molecule has 2 bridgehead atoms. The predicted octanol–water partition coefficient (Wildman–Crippen LogP) is 5.40. The molecule has 0 aromatic rings. The van der Waals surface area contributed by atoms with Gasteiger partial charge in [0, 0.05) is 0 Å². The third-order valence-electron chi connectivity index (χ3n) is 5.54. The molecule has 2 rings (SSSR count). The number of alkyl halides is 15. The van der Waals surface area contributed by atoms with Crippen molar-refractivity contribution in [1.29, 1.82) is 0 Å². The van der Waals surface area contributed by atoms with Crippen LogP contribution in [0.2, 0.25) is 0 Å². The van der Waals surface area contributed by atoms with E-state index in [1.54, 1.807) is 0 Å². The van der Waals surface area contributed by atoms with Crippen LogP contribution in [-0.2, 0) is 0 Å². The van der Waals surface area contributed by atoms with Gasteiger partial charge in [-0.1, -0.05) is 0 Å². The zero-order valence-corrected chi connectivity index (χ0v) is 15.1. The molecule has 2 aliphatic carbocycles. The summed E-state index contributed by atoms with van der Waals surface area (Å²) in [5.74, 6) is -37.1. The lowest BCUT2D eigenvalue weighted by Crippen LogP contribution is -3.01. The van der Waals surface area contributed by atoms with Crippen LogP contribution in [0.5, 0.6) is 0 Å². The first kappa shape index (κ1) is 26.9. The van der Waals surface area contributed by atoms with Gasteiger partial charge in [0.1, 0.15) is 5.67 Å². The Morgan fingerprint density at radius 2 is 0.767 bits per heavy atom. The van der Waals surface area contributed by atoms with Crippen molar-refractivity contribution in [2.75, 3.05) is 7.18 Å². The van der Waals surface area contributed by atoms with E-state index < -0.39 is 78.7 Å². The van der Waals surface area contributed by atoms with E-state index in [9.17, 15) is 71.0 Å². The van der Waals surface area contributed by atoms with Crippen LogP contribution < -0.4 is 0 Å². The molecule has 0 aromatic heterocycles. The maximum absolute atomic E-state index is 14.7. The fourth-order valence-electron chi connectivity index (χ4n) is 3.71. The normalized spacial score (nSPS) is 45.2. The van der Waals surface area contributed by atoms with E-state index in [-0.39, 0.29) is 0 Å². The lowest BCUT2D eigenvalue weighted by atomic mass is 9.47. The van der Waals surface area contributed by atoms with Crippen LogP contribution in [-0.4, -0.2) is 70.2 Å². The smallest absolute Gasteiger partial charge is 0.339 e. The summed E-state index contributed by atoms with van der Waals surface area (Å²) in [6.07, 6.45) is 0. The molecule has 0 aromatic carbocycles. The van der Waals surface area contributed by atoms with E-state index in [1.807, 2.05) is 0 Å². The highest BCUT2D eigenvalue weighted by Crippen LogP contribution is 2.81. The van der Waals surface area contributed by atoms with Crippen LogP contribution in [0.3, 0.4) is 0 Å². The summed E-state index contributed by atoms with van der Waals surface area (Å²) in [7, 11) is 0.500. The van der Waals surface area contributed by atoms with Crippen molar-refractivity contribution < 1.29 is 71.0 Å². The first-order chi connectivity index (χ1) is 12.8. The van der Waals surface area contributed by atoms with E-state index >= 15 is 0 Å². The summed E-state index contributed by atoms with van der Waals surface area (Å²) in [6.45, 7) is -2.32. The number of hydrogen-bond donors (Lipinski definition) is 1. The Bertz CT molecular complexity index is 663. The van der Waals surface area contributed by atoms with Crippen LogP contribution in [0.25, 0.3) is 0 Å². The second kappa shape index (κ2) is 5.82. The largest absolute Gasteiger partial charge is 0.376 e. The minimum atomic E-state index is -7.72. The van der Waals surface area contributed by atoms with Crippen LogP contribution in [0.15, 0.2) is 0 Å². The van der Waals surface area contributed by atoms with E-state index in [4.69, 9.17) is 0 Å². The van der Waals surface area contributed by atoms with Gasteiger partial charge in [0.15, 0.2) is 0 Å². The Hall–Kier alpha value is -1.09. The summed E-state index contributed by atoms with van der Waals surface area (Å²) in [6, 6.07) is 0. The van der Waals surface area contributed by atoms with Crippen LogP contribution in [0, 0.1) is 0 Å². The molecule has 0 spiro atoms. The van der Waals surface area contributed by atoms with Crippen LogP contribution >= 0.6 is 0 Å². The summed E-state index contributed by atoms with van der Waals surface area (Å²) >= 11 is 0. The predicted molar refractivity (Wildman–Crippen MR) is 69.1 cm³/mol. The van der Waals surface area contributed by atoms with E-state index in [0.717, 1.165) is 0 Å². The lowest BCUT2D eigenvalue weighted by Gasteiger charge is -2.68. The molecule has 30 heavy (non-hydrogen) atoms. The summed E-state index contributed by atoms with van der Waals surface area (Å²) in [5, 5.41) is 9.49. The van der Waals surface area contributed by atoms with E-state index in [1.165, 1.54) is 0 Å². The van der Waals surface area contributed by atoms with Gasteiger partial charge in [-0.15, -0.1) is 0 Å². The molecule has 2 atom stereocenters. The number of halogens is 15. The fraction of sp³-hybridized carbons (Fsp3) is 1.00. The van der Waals surface area contributed by atoms with Crippen molar-refractivity contribution in [3.8, 4) is 0 Å². The minimum absolute atomic E-state index is 0.500. The standard InChI is InChI=1S/C13H10F14O.CH3F/c1-4(2,14)8(28)12(24,25)6(16)9(18,19)5(3,15)10(20,21)7(17,11(6,22)23)13(8,26)27;1-2/h28H,1-3H3;1H3. The van der Waals surface area contributed by atoms with Gasteiger partial charge < -0.3 is 5.11 Å².